The van der Waals surface area contributed by atoms with Crippen LogP contribution < -0.4 is 15.5 Å². The molecule has 2 heterocycles. The van der Waals surface area contributed by atoms with E-state index in [1.165, 1.54) is 12.8 Å². The molecule has 7 nitrogen and oxygen atoms in total. The van der Waals surface area contributed by atoms with Gasteiger partial charge in [-0.2, -0.15) is 0 Å². The first kappa shape index (κ1) is 20.0. The van der Waals surface area contributed by atoms with E-state index in [4.69, 9.17) is 21.9 Å². The maximum Gasteiger partial charge on any atom is 0.170 e. The molecule has 1 saturated carbocycles. The molecule has 1 aliphatic carbocycles. The molecule has 2 aromatic rings. The SMILES string of the molecule is CC(C)(O)c1cc(N2CCOCC2)nc(-c2ccc(NC(=S)NC3CC3)cc2)n1. The van der Waals surface area contributed by atoms with Crippen molar-refractivity contribution in [1.82, 2.24) is 15.3 Å². The highest BCUT2D eigenvalue weighted by atomic mass is 32.1. The van der Waals surface area contributed by atoms with Crippen LogP contribution in [-0.2, 0) is 10.3 Å². The summed E-state index contributed by atoms with van der Waals surface area (Å²) in [5, 5.41) is 17.7. The van der Waals surface area contributed by atoms with Crippen LogP contribution in [0.1, 0.15) is 32.4 Å². The van der Waals surface area contributed by atoms with Gasteiger partial charge in [0.15, 0.2) is 10.9 Å². The monoisotopic (exact) mass is 413 g/mol. The summed E-state index contributed by atoms with van der Waals surface area (Å²) in [4.78, 5) is 11.6. The van der Waals surface area contributed by atoms with Gasteiger partial charge in [0.05, 0.1) is 18.9 Å². The Morgan fingerprint density at radius 1 is 1.17 bits per heavy atom. The lowest BCUT2D eigenvalue weighted by atomic mass is 10.0. The highest BCUT2D eigenvalue weighted by Crippen LogP contribution is 2.27. The third kappa shape index (κ3) is 5.20. The zero-order chi connectivity index (χ0) is 20.4. The minimum Gasteiger partial charge on any atom is -0.384 e. The predicted molar refractivity (Wildman–Crippen MR) is 118 cm³/mol. The largest absolute Gasteiger partial charge is 0.384 e. The molecule has 0 bridgehead atoms. The fraction of sp³-hybridized carbons (Fsp3) is 0.476. The molecule has 154 valence electrons. The molecule has 1 aromatic carbocycles. The van der Waals surface area contributed by atoms with Gasteiger partial charge < -0.3 is 25.4 Å². The lowest BCUT2D eigenvalue weighted by Crippen LogP contribution is -2.37. The molecule has 0 unspecified atom stereocenters. The number of nitrogens with one attached hydrogen (secondary N) is 2. The molecule has 0 amide bonds. The van der Waals surface area contributed by atoms with E-state index in [0.29, 0.717) is 35.9 Å². The van der Waals surface area contributed by atoms with Crippen molar-refractivity contribution in [2.75, 3.05) is 36.5 Å². The van der Waals surface area contributed by atoms with E-state index in [-0.39, 0.29) is 0 Å². The second-order valence-electron chi connectivity index (χ2n) is 8.04. The van der Waals surface area contributed by atoms with Crippen LogP contribution >= 0.6 is 12.2 Å². The molecular formula is C21H27N5O2S. The van der Waals surface area contributed by atoms with Crippen molar-refractivity contribution in [3.63, 3.8) is 0 Å². The maximum atomic E-state index is 10.5. The topological polar surface area (TPSA) is 82.5 Å². The predicted octanol–water partition coefficient (Wildman–Crippen LogP) is 2.66. The number of aromatic nitrogens is 2. The van der Waals surface area contributed by atoms with Gasteiger partial charge in [-0.3, -0.25) is 0 Å². The number of aliphatic hydroxyl groups is 1. The second-order valence-corrected chi connectivity index (χ2v) is 8.45. The highest BCUT2D eigenvalue weighted by Gasteiger charge is 2.23. The molecule has 4 rings (SSSR count). The minimum absolute atomic E-state index is 0.519. The van der Waals surface area contributed by atoms with E-state index in [0.717, 1.165) is 30.2 Å². The summed E-state index contributed by atoms with van der Waals surface area (Å²) in [6.45, 7) is 6.37. The number of benzene rings is 1. The zero-order valence-corrected chi connectivity index (χ0v) is 17.6. The molecule has 0 radical (unpaired) electrons. The van der Waals surface area contributed by atoms with Gasteiger partial charge in [0.1, 0.15) is 11.4 Å². The Balaban J connectivity index is 1.58. The molecule has 8 heteroatoms. The lowest BCUT2D eigenvalue weighted by molar-refractivity contribution is 0.0738. The van der Waals surface area contributed by atoms with Crippen molar-refractivity contribution in [3.05, 3.63) is 36.0 Å². The molecule has 29 heavy (non-hydrogen) atoms. The number of hydrogen-bond donors (Lipinski definition) is 3. The summed E-state index contributed by atoms with van der Waals surface area (Å²) in [7, 11) is 0. The van der Waals surface area contributed by atoms with Crippen LogP contribution in [-0.4, -0.2) is 52.5 Å². The Morgan fingerprint density at radius 2 is 1.86 bits per heavy atom. The first-order valence-corrected chi connectivity index (χ1v) is 10.4. The molecule has 0 atom stereocenters. The van der Waals surface area contributed by atoms with Gasteiger partial charge in [-0.25, -0.2) is 9.97 Å². The van der Waals surface area contributed by atoms with Crippen LogP contribution in [0.3, 0.4) is 0 Å². The van der Waals surface area contributed by atoms with E-state index in [9.17, 15) is 5.11 Å². The molecule has 1 aromatic heterocycles. The molecular weight excluding hydrogens is 386 g/mol. The summed E-state index contributed by atoms with van der Waals surface area (Å²) in [6, 6.07) is 10.2. The van der Waals surface area contributed by atoms with Crippen molar-refractivity contribution in [3.8, 4) is 11.4 Å². The molecule has 2 aliphatic rings. The zero-order valence-electron chi connectivity index (χ0n) is 16.8. The third-order valence-corrected chi connectivity index (χ3v) is 5.21. The van der Waals surface area contributed by atoms with Crippen molar-refractivity contribution in [1.29, 1.82) is 0 Å². The van der Waals surface area contributed by atoms with Crippen LogP contribution in [0.5, 0.6) is 0 Å². The average Bonchev–Trinajstić information content (AvgIpc) is 3.52. The number of rotatable bonds is 5. The van der Waals surface area contributed by atoms with Crippen LogP contribution in [0.15, 0.2) is 30.3 Å². The Hall–Kier alpha value is -2.29. The van der Waals surface area contributed by atoms with Crippen LogP contribution in [0.4, 0.5) is 11.5 Å². The van der Waals surface area contributed by atoms with Gasteiger partial charge in [-0.1, -0.05) is 0 Å². The van der Waals surface area contributed by atoms with Gasteiger partial charge >= 0.3 is 0 Å². The Morgan fingerprint density at radius 3 is 2.48 bits per heavy atom. The normalized spacial score (nSPS) is 17.1. The van der Waals surface area contributed by atoms with Crippen molar-refractivity contribution < 1.29 is 9.84 Å². The van der Waals surface area contributed by atoms with Crippen molar-refractivity contribution in [2.45, 2.75) is 38.3 Å². The number of anilines is 2. The molecule has 3 N–H and O–H groups in total. The molecule has 2 fully saturated rings. The Labute approximate surface area is 176 Å². The van der Waals surface area contributed by atoms with Gasteiger partial charge in [-0.15, -0.1) is 0 Å². The Kier molecular flexibility index (Phi) is 5.67. The summed E-state index contributed by atoms with van der Waals surface area (Å²) >= 11 is 5.34. The van der Waals surface area contributed by atoms with Gasteiger partial charge in [0.25, 0.3) is 0 Å². The summed E-state index contributed by atoms with van der Waals surface area (Å²) < 4.78 is 5.45. The second kappa shape index (κ2) is 8.22. The molecule has 0 spiro atoms. The average molecular weight is 414 g/mol. The first-order chi connectivity index (χ1) is 13.9. The number of morpholine rings is 1. The summed E-state index contributed by atoms with van der Waals surface area (Å²) in [6.07, 6.45) is 2.36. The quantitative estimate of drug-likeness (QED) is 0.646. The highest BCUT2D eigenvalue weighted by molar-refractivity contribution is 7.80. The van der Waals surface area contributed by atoms with E-state index in [1.807, 2.05) is 30.3 Å². The molecule has 1 saturated heterocycles. The summed E-state index contributed by atoms with van der Waals surface area (Å²) in [5.74, 6) is 1.41. The minimum atomic E-state index is -1.05. The number of hydrogen-bond acceptors (Lipinski definition) is 6. The summed E-state index contributed by atoms with van der Waals surface area (Å²) in [5.41, 5.74) is 1.35. The fourth-order valence-electron chi connectivity index (χ4n) is 3.11. The lowest BCUT2D eigenvalue weighted by Gasteiger charge is -2.29. The van der Waals surface area contributed by atoms with Gasteiger partial charge in [-0.05, 0) is 63.2 Å². The van der Waals surface area contributed by atoms with Gasteiger partial charge in [0, 0.05) is 36.4 Å². The van der Waals surface area contributed by atoms with Gasteiger partial charge in [0.2, 0.25) is 0 Å². The van der Waals surface area contributed by atoms with E-state index >= 15 is 0 Å². The van der Waals surface area contributed by atoms with E-state index < -0.39 is 5.60 Å². The number of ether oxygens (including phenoxy) is 1. The Bertz CT molecular complexity index is 872. The molecule has 1 aliphatic heterocycles. The van der Waals surface area contributed by atoms with E-state index in [1.54, 1.807) is 13.8 Å². The van der Waals surface area contributed by atoms with E-state index in [2.05, 4.69) is 20.5 Å². The van der Waals surface area contributed by atoms with Crippen LogP contribution in [0, 0.1) is 0 Å². The number of thiocarbonyl (C=S) groups is 1. The third-order valence-electron chi connectivity index (χ3n) is 4.99. The smallest absolute Gasteiger partial charge is 0.170 e. The van der Waals surface area contributed by atoms with Crippen molar-refractivity contribution >= 4 is 28.8 Å². The van der Waals surface area contributed by atoms with Crippen molar-refractivity contribution in [2.24, 2.45) is 0 Å². The fourth-order valence-corrected chi connectivity index (χ4v) is 3.40. The van der Waals surface area contributed by atoms with Crippen LogP contribution in [0.2, 0.25) is 0 Å². The first-order valence-electron chi connectivity index (χ1n) is 10.0. The number of nitrogens with zero attached hydrogens (tertiary/aromatic N) is 3. The standard InChI is InChI=1S/C21H27N5O2S/c1-21(2,27)17-13-18(26-9-11-28-12-10-26)25-19(24-17)14-3-5-15(6-4-14)22-20(29)23-16-7-8-16/h3-6,13,16,27H,7-12H2,1-2H3,(H2,22,23,29). The maximum absolute atomic E-state index is 10.5. The van der Waals surface area contributed by atoms with Crippen LogP contribution in [0.25, 0.3) is 11.4 Å².